The molecule has 1 heterocycles. The largest absolute Gasteiger partial charge is 0.309 e. The minimum absolute atomic E-state index is 0. The molecule has 2 heteroatoms. The van der Waals surface area contributed by atoms with Crippen molar-refractivity contribution in [2.75, 3.05) is 0 Å². The third kappa shape index (κ3) is 2.97. The van der Waals surface area contributed by atoms with E-state index in [1.807, 2.05) is 11.3 Å². The second-order valence-corrected chi connectivity index (χ2v) is 7.75. The third-order valence-electron chi connectivity index (χ3n) is 5.08. The molecule has 0 aromatic carbocycles. The second-order valence-electron chi connectivity index (χ2n) is 6.75. The molecule has 1 nitrogen and oxygen atoms in total. The predicted octanol–water partition coefficient (Wildman–Crippen LogP) is 4.85. The molecule has 18 heavy (non-hydrogen) atoms. The molecule has 1 N–H and O–H groups in total. The predicted molar refractivity (Wildman–Crippen MR) is 83.1 cm³/mol. The Kier molecular flexibility index (Phi) is 4.18. The molecule has 104 valence electrons. The number of aryl methyl sites for hydroxylation is 1. The molecule has 0 amide bonds. The first-order chi connectivity index (χ1) is 8.40. The molecule has 1 aromatic rings. The molecule has 1 fully saturated rings. The van der Waals surface area contributed by atoms with Gasteiger partial charge in [0.1, 0.15) is 0 Å². The Morgan fingerprint density at radius 3 is 2.78 bits per heavy atom. The van der Waals surface area contributed by atoms with E-state index in [1.165, 1.54) is 23.3 Å². The number of nitrogens with one attached hydrogen (secondary N) is 1. The van der Waals surface area contributed by atoms with Gasteiger partial charge in [0.25, 0.3) is 0 Å². The van der Waals surface area contributed by atoms with Gasteiger partial charge in [-0.1, -0.05) is 27.7 Å². The van der Waals surface area contributed by atoms with E-state index in [2.05, 4.69) is 51.4 Å². The van der Waals surface area contributed by atoms with Gasteiger partial charge in [-0.3, -0.25) is 0 Å². The molecule has 0 spiro atoms. The van der Waals surface area contributed by atoms with Crippen molar-refractivity contribution in [3.8, 4) is 0 Å². The molecular weight excluding hydrogens is 238 g/mol. The Morgan fingerprint density at radius 1 is 1.44 bits per heavy atom. The van der Waals surface area contributed by atoms with Crippen molar-refractivity contribution >= 4 is 11.3 Å². The molecule has 1 aromatic heterocycles. The van der Waals surface area contributed by atoms with Crippen molar-refractivity contribution in [2.45, 2.75) is 60.0 Å². The maximum Gasteiger partial charge on any atom is 0.0302 e. The van der Waals surface area contributed by atoms with Gasteiger partial charge in [0.05, 0.1) is 0 Å². The van der Waals surface area contributed by atoms with E-state index in [0.29, 0.717) is 11.5 Å². The van der Waals surface area contributed by atoms with Crippen LogP contribution >= 0.6 is 11.3 Å². The normalized spacial score (nSPS) is 31.5. The summed E-state index contributed by atoms with van der Waals surface area (Å²) in [5.74, 6) is 1.57. The molecule has 0 bridgehead atoms. The zero-order valence-electron chi connectivity index (χ0n) is 12.4. The monoisotopic (exact) mass is 267 g/mol. The van der Waals surface area contributed by atoms with Gasteiger partial charge in [-0.2, -0.15) is 0 Å². The van der Waals surface area contributed by atoms with Crippen LogP contribution in [0, 0.1) is 24.2 Å². The van der Waals surface area contributed by atoms with E-state index < -0.39 is 0 Å². The van der Waals surface area contributed by atoms with Crippen LogP contribution in [0.3, 0.4) is 0 Å². The fourth-order valence-corrected chi connectivity index (χ4v) is 4.01. The lowest BCUT2D eigenvalue weighted by molar-refractivity contribution is 0.0685. The van der Waals surface area contributed by atoms with E-state index in [4.69, 9.17) is 0 Å². The van der Waals surface area contributed by atoms with E-state index in [9.17, 15) is 0 Å². The maximum atomic E-state index is 3.78. The lowest BCUT2D eigenvalue weighted by Gasteiger charge is -2.45. The lowest BCUT2D eigenvalue weighted by Crippen LogP contribution is -2.46. The van der Waals surface area contributed by atoms with Crippen LogP contribution in [0.5, 0.6) is 0 Å². The molecule has 1 aliphatic rings. The fraction of sp³-hybridized carbons (Fsp3) is 0.750. The van der Waals surface area contributed by atoms with Gasteiger partial charge in [0.15, 0.2) is 0 Å². The highest BCUT2D eigenvalue weighted by molar-refractivity contribution is 7.10. The molecule has 1 saturated carbocycles. The molecule has 2 rings (SSSR count). The summed E-state index contributed by atoms with van der Waals surface area (Å²) in [7, 11) is 0. The average molecular weight is 267 g/mol. The van der Waals surface area contributed by atoms with Gasteiger partial charge in [-0.25, -0.2) is 0 Å². The van der Waals surface area contributed by atoms with Crippen LogP contribution < -0.4 is 5.32 Å². The summed E-state index contributed by atoms with van der Waals surface area (Å²) in [6.07, 6.45) is 2.67. The molecule has 0 aliphatic heterocycles. The Morgan fingerprint density at radius 2 is 2.17 bits per heavy atom. The van der Waals surface area contributed by atoms with Gasteiger partial charge in [0, 0.05) is 18.9 Å². The standard InChI is InChI=1S/C16H27NS.H2/c1-11-8-14(18-10-11)9-17-15-6-7-16(4,5)13(3)12(15)2;/h8,10,12-13,15,17H,6-7,9H2,1-5H3;1H/t12-,13?,15-;/m1./s1. The summed E-state index contributed by atoms with van der Waals surface area (Å²) >= 11 is 1.88. The van der Waals surface area contributed by atoms with E-state index in [0.717, 1.165) is 18.4 Å². The highest BCUT2D eigenvalue weighted by Gasteiger charge is 2.38. The van der Waals surface area contributed by atoms with Crippen LogP contribution in [0.4, 0.5) is 0 Å². The second kappa shape index (κ2) is 5.34. The smallest absolute Gasteiger partial charge is 0.0302 e. The number of rotatable bonds is 3. The quantitative estimate of drug-likeness (QED) is 0.825. The summed E-state index contributed by atoms with van der Waals surface area (Å²) < 4.78 is 0. The van der Waals surface area contributed by atoms with Crippen molar-refractivity contribution in [1.29, 1.82) is 0 Å². The summed E-state index contributed by atoms with van der Waals surface area (Å²) in [4.78, 5) is 1.47. The summed E-state index contributed by atoms with van der Waals surface area (Å²) in [5.41, 5.74) is 1.90. The van der Waals surface area contributed by atoms with Gasteiger partial charge in [0.2, 0.25) is 0 Å². The molecular formula is C16H29NS. The van der Waals surface area contributed by atoms with Crippen LogP contribution in [-0.4, -0.2) is 6.04 Å². The highest BCUT2D eigenvalue weighted by atomic mass is 32.1. The molecule has 1 aliphatic carbocycles. The number of hydrogen-bond donors (Lipinski definition) is 1. The van der Waals surface area contributed by atoms with E-state index >= 15 is 0 Å². The SMILES string of the molecule is Cc1csc(CN[C@@H]2CCC(C)(C)C(C)[C@H]2C)c1.[HH]. The zero-order chi connectivity index (χ0) is 13.3. The fourth-order valence-electron chi connectivity index (χ4n) is 3.18. The molecule has 3 atom stereocenters. The van der Waals surface area contributed by atoms with Crippen LogP contribution in [0.15, 0.2) is 11.4 Å². The van der Waals surface area contributed by atoms with Crippen molar-refractivity contribution in [2.24, 2.45) is 17.3 Å². The average Bonchev–Trinajstić information content (AvgIpc) is 2.72. The first-order valence-corrected chi connectivity index (χ1v) is 8.05. The van der Waals surface area contributed by atoms with Gasteiger partial charge >= 0.3 is 0 Å². The first kappa shape index (κ1) is 14.1. The molecule has 0 radical (unpaired) electrons. The summed E-state index contributed by atoms with van der Waals surface area (Å²) in [6.45, 7) is 12.9. The Balaban J connectivity index is 0.00000180. The lowest BCUT2D eigenvalue weighted by atomic mass is 9.63. The Bertz CT molecular complexity index is 399. The van der Waals surface area contributed by atoms with Gasteiger partial charge in [-0.15, -0.1) is 11.3 Å². The highest BCUT2D eigenvalue weighted by Crippen LogP contribution is 2.43. The molecule has 1 unspecified atom stereocenters. The Hall–Kier alpha value is -0.340. The third-order valence-corrected chi connectivity index (χ3v) is 6.13. The van der Waals surface area contributed by atoms with Crippen LogP contribution in [0.2, 0.25) is 0 Å². The van der Waals surface area contributed by atoms with Gasteiger partial charge in [-0.05, 0) is 54.0 Å². The maximum absolute atomic E-state index is 3.78. The number of thiophene rings is 1. The molecule has 0 saturated heterocycles. The minimum Gasteiger partial charge on any atom is -0.309 e. The van der Waals surface area contributed by atoms with Crippen LogP contribution in [-0.2, 0) is 6.54 Å². The summed E-state index contributed by atoms with van der Waals surface area (Å²) in [5, 5.41) is 6.02. The summed E-state index contributed by atoms with van der Waals surface area (Å²) in [6, 6.07) is 2.99. The van der Waals surface area contributed by atoms with Crippen molar-refractivity contribution in [3.63, 3.8) is 0 Å². The van der Waals surface area contributed by atoms with Crippen molar-refractivity contribution < 1.29 is 1.43 Å². The van der Waals surface area contributed by atoms with E-state index in [-0.39, 0.29) is 1.43 Å². The van der Waals surface area contributed by atoms with E-state index in [1.54, 1.807) is 0 Å². The van der Waals surface area contributed by atoms with Crippen molar-refractivity contribution in [3.05, 3.63) is 21.9 Å². The number of hydrogen-bond acceptors (Lipinski definition) is 2. The minimum atomic E-state index is 0. The van der Waals surface area contributed by atoms with Crippen LogP contribution in [0.25, 0.3) is 0 Å². The topological polar surface area (TPSA) is 12.0 Å². The van der Waals surface area contributed by atoms with Crippen molar-refractivity contribution in [1.82, 2.24) is 5.32 Å². The van der Waals surface area contributed by atoms with Crippen LogP contribution in [0.1, 0.15) is 52.4 Å². The Labute approximate surface area is 117 Å². The first-order valence-electron chi connectivity index (χ1n) is 7.17. The zero-order valence-corrected chi connectivity index (χ0v) is 13.2. The van der Waals surface area contributed by atoms with Gasteiger partial charge < -0.3 is 5.32 Å².